The first kappa shape index (κ1) is 23.5. The van der Waals surface area contributed by atoms with Gasteiger partial charge in [-0.15, -0.1) is 0 Å². The van der Waals surface area contributed by atoms with Crippen LogP contribution in [-0.2, 0) is 19.1 Å². The van der Waals surface area contributed by atoms with Crippen molar-refractivity contribution in [2.45, 2.75) is 122 Å². The van der Waals surface area contributed by atoms with Crippen LogP contribution in [0.1, 0.15) is 97.3 Å². The van der Waals surface area contributed by atoms with Crippen molar-refractivity contribution in [1.82, 2.24) is 0 Å². The number of hydrogen-bond acceptors (Lipinski definition) is 6. The number of carbonyl (C=O) groups is 2. The summed E-state index contributed by atoms with van der Waals surface area (Å²) >= 11 is 0. The summed E-state index contributed by atoms with van der Waals surface area (Å²) in [6, 6.07) is 0. The maximum atomic E-state index is 12.4. The molecule has 3 fully saturated rings. The molecule has 0 radical (unpaired) electrons. The van der Waals surface area contributed by atoms with Gasteiger partial charge in [-0.3, -0.25) is 0 Å². The molecule has 7 unspecified atom stereocenters. The Balaban J connectivity index is 1.60. The number of rotatable bonds is 14. The average Bonchev–Trinajstić information content (AvgIpc) is 3.61. The molecule has 0 aromatic rings. The largest absolute Gasteiger partial charge is 0.550 e. The zero-order valence-electron chi connectivity index (χ0n) is 18.6. The SMILES string of the molecule is CCCC1OC1CCCC1C(C(=O)[O-])CCCC1(CCCC1OC1CCC)C(=O)[O-]. The predicted octanol–water partition coefficient (Wildman–Crippen LogP) is 2.36. The van der Waals surface area contributed by atoms with Crippen molar-refractivity contribution in [3.8, 4) is 0 Å². The van der Waals surface area contributed by atoms with Gasteiger partial charge in [0.15, 0.2) is 0 Å². The quantitative estimate of drug-likeness (QED) is 0.398. The minimum absolute atomic E-state index is 0.241. The molecule has 1 saturated carbocycles. The Bertz CT molecular complexity index is 592. The van der Waals surface area contributed by atoms with Gasteiger partial charge < -0.3 is 29.3 Å². The summed E-state index contributed by atoms with van der Waals surface area (Å²) in [5.74, 6) is -3.30. The third kappa shape index (κ3) is 5.56. The number of carbonyl (C=O) groups excluding carboxylic acids is 2. The average molecular weight is 423 g/mol. The summed E-state index contributed by atoms with van der Waals surface area (Å²) in [7, 11) is 0. The van der Waals surface area contributed by atoms with E-state index in [9.17, 15) is 19.8 Å². The molecule has 30 heavy (non-hydrogen) atoms. The molecule has 6 nitrogen and oxygen atoms in total. The second kappa shape index (κ2) is 10.4. The van der Waals surface area contributed by atoms with Gasteiger partial charge in [-0.05, 0) is 63.7 Å². The van der Waals surface area contributed by atoms with E-state index in [4.69, 9.17) is 9.47 Å². The lowest BCUT2D eigenvalue weighted by atomic mass is 9.58. The van der Waals surface area contributed by atoms with Crippen molar-refractivity contribution in [3.05, 3.63) is 0 Å². The molecule has 0 aromatic carbocycles. The zero-order valence-corrected chi connectivity index (χ0v) is 18.6. The van der Waals surface area contributed by atoms with E-state index in [1.54, 1.807) is 0 Å². The number of ether oxygens (including phenoxy) is 2. The molecule has 2 aliphatic heterocycles. The van der Waals surface area contributed by atoms with Crippen molar-refractivity contribution in [2.75, 3.05) is 0 Å². The van der Waals surface area contributed by atoms with Gasteiger partial charge in [-0.2, -0.15) is 0 Å². The first-order valence-corrected chi connectivity index (χ1v) is 12.2. The van der Waals surface area contributed by atoms with Crippen LogP contribution < -0.4 is 10.2 Å². The molecule has 0 bridgehead atoms. The molecule has 172 valence electrons. The van der Waals surface area contributed by atoms with Crippen molar-refractivity contribution < 1.29 is 29.3 Å². The predicted molar refractivity (Wildman–Crippen MR) is 108 cm³/mol. The minimum atomic E-state index is -1.11. The van der Waals surface area contributed by atoms with Crippen LogP contribution in [0.5, 0.6) is 0 Å². The molecule has 0 N–H and O–H groups in total. The highest BCUT2D eigenvalue weighted by Crippen LogP contribution is 2.50. The van der Waals surface area contributed by atoms with Gasteiger partial charge in [0.05, 0.1) is 24.4 Å². The fraction of sp³-hybridized carbons (Fsp3) is 0.917. The first-order valence-electron chi connectivity index (χ1n) is 12.2. The molecule has 2 saturated heterocycles. The lowest BCUT2D eigenvalue weighted by Gasteiger charge is -2.50. The Morgan fingerprint density at radius 1 is 0.867 bits per heavy atom. The highest BCUT2D eigenvalue weighted by atomic mass is 16.6. The number of epoxide rings is 2. The van der Waals surface area contributed by atoms with E-state index in [1.807, 2.05) is 0 Å². The molecule has 3 aliphatic rings. The lowest BCUT2D eigenvalue weighted by molar-refractivity contribution is -0.331. The highest BCUT2D eigenvalue weighted by Gasteiger charge is 2.47. The molecule has 2 heterocycles. The number of carboxylic acid groups (broad SMARTS) is 2. The molecule has 3 rings (SSSR count). The van der Waals surface area contributed by atoms with E-state index in [-0.39, 0.29) is 12.2 Å². The van der Waals surface area contributed by atoms with E-state index in [2.05, 4.69) is 13.8 Å². The maximum Gasteiger partial charge on any atom is 0.0841 e. The monoisotopic (exact) mass is 422 g/mol. The zero-order chi connectivity index (χ0) is 21.7. The smallest absolute Gasteiger partial charge is 0.0841 e. The number of aliphatic carboxylic acids is 2. The summed E-state index contributed by atoms with van der Waals surface area (Å²) in [6.45, 7) is 4.27. The van der Waals surface area contributed by atoms with Crippen molar-refractivity contribution >= 4 is 11.9 Å². The van der Waals surface area contributed by atoms with Gasteiger partial charge >= 0.3 is 0 Å². The Morgan fingerprint density at radius 2 is 1.43 bits per heavy atom. The molecule has 7 atom stereocenters. The standard InChI is InChI=1S/C24H40O6/c1-3-8-18-20(29-18)12-5-11-17-16(22(25)26)10-6-14-24(17,23(27)28)15-7-13-21-19(30-21)9-4-2/h16-21H,3-15H2,1-2H3,(H,25,26)(H,27,28)/p-2. The normalized spacial score (nSPS) is 37.7. The van der Waals surface area contributed by atoms with E-state index >= 15 is 0 Å². The molecule has 0 aromatic heterocycles. The van der Waals surface area contributed by atoms with Crippen molar-refractivity contribution in [2.24, 2.45) is 17.3 Å². The Hall–Kier alpha value is -1.14. The Labute approximate surface area is 180 Å². The van der Waals surface area contributed by atoms with Gasteiger partial charge in [0.1, 0.15) is 0 Å². The summed E-state index contributed by atoms with van der Waals surface area (Å²) in [5.41, 5.74) is -1.06. The molecular weight excluding hydrogens is 384 g/mol. The molecule has 6 heteroatoms. The Kier molecular flexibility index (Phi) is 8.19. The molecule has 0 amide bonds. The van der Waals surface area contributed by atoms with Gasteiger partial charge in [-0.1, -0.05) is 39.5 Å². The van der Waals surface area contributed by atoms with E-state index in [0.717, 1.165) is 51.4 Å². The van der Waals surface area contributed by atoms with Crippen molar-refractivity contribution in [1.29, 1.82) is 0 Å². The van der Waals surface area contributed by atoms with Crippen LogP contribution in [0, 0.1) is 17.3 Å². The summed E-state index contributed by atoms with van der Waals surface area (Å²) in [5, 5.41) is 24.2. The van der Waals surface area contributed by atoms with Crippen LogP contribution in [-0.4, -0.2) is 36.4 Å². The summed E-state index contributed by atoms with van der Waals surface area (Å²) < 4.78 is 11.4. The Morgan fingerprint density at radius 3 is 1.97 bits per heavy atom. The molecular formula is C24H38O6-2. The van der Waals surface area contributed by atoms with Crippen LogP contribution >= 0.6 is 0 Å². The third-order valence-electron chi connectivity index (χ3n) is 7.68. The highest BCUT2D eigenvalue weighted by molar-refractivity contribution is 5.76. The summed E-state index contributed by atoms with van der Waals surface area (Å²) in [6.07, 6.45) is 11.4. The van der Waals surface area contributed by atoms with Crippen LogP contribution in [0.25, 0.3) is 0 Å². The third-order valence-corrected chi connectivity index (χ3v) is 7.68. The lowest BCUT2D eigenvalue weighted by Crippen LogP contribution is -2.54. The second-order valence-corrected chi connectivity index (χ2v) is 9.69. The fourth-order valence-corrected chi connectivity index (χ4v) is 5.94. The second-order valence-electron chi connectivity index (χ2n) is 9.69. The van der Waals surface area contributed by atoms with Crippen LogP contribution in [0.4, 0.5) is 0 Å². The van der Waals surface area contributed by atoms with Gasteiger partial charge in [0.2, 0.25) is 0 Å². The first-order chi connectivity index (χ1) is 14.4. The number of hydrogen-bond donors (Lipinski definition) is 0. The fourth-order valence-electron chi connectivity index (χ4n) is 5.94. The van der Waals surface area contributed by atoms with Gasteiger partial charge in [-0.25, -0.2) is 0 Å². The van der Waals surface area contributed by atoms with Crippen LogP contribution in [0.3, 0.4) is 0 Å². The molecule has 1 aliphatic carbocycles. The molecule has 0 spiro atoms. The number of carboxylic acids is 2. The summed E-state index contributed by atoms with van der Waals surface area (Å²) in [4.78, 5) is 24.2. The van der Waals surface area contributed by atoms with Crippen LogP contribution in [0.15, 0.2) is 0 Å². The van der Waals surface area contributed by atoms with E-state index in [1.165, 1.54) is 0 Å². The van der Waals surface area contributed by atoms with Crippen LogP contribution in [0.2, 0.25) is 0 Å². The minimum Gasteiger partial charge on any atom is -0.550 e. The van der Waals surface area contributed by atoms with Gasteiger partial charge in [0, 0.05) is 23.3 Å². The van der Waals surface area contributed by atoms with E-state index < -0.39 is 29.2 Å². The maximum absolute atomic E-state index is 12.4. The van der Waals surface area contributed by atoms with Crippen molar-refractivity contribution in [3.63, 3.8) is 0 Å². The van der Waals surface area contributed by atoms with E-state index in [0.29, 0.717) is 44.3 Å². The van der Waals surface area contributed by atoms with Gasteiger partial charge in [0.25, 0.3) is 0 Å². The topological polar surface area (TPSA) is 105 Å².